The molecule has 5 rings (SSSR count). The normalized spacial score (nSPS) is 19.7. The molecule has 0 aromatic heterocycles. The minimum atomic E-state index is -4.58. The van der Waals surface area contributed by atoms with E-state index in [1.54, 1.807) is 25.1 Å². The monoisotopic (exact) mass is 1000 g/mol. The molecule has 21 heteroatoms. The number of benzene rings is 2. The lowest BCUT2D eigenvalue weighted by molar-refractivity contribution is -0.197. The molecule has 0 atom stereocenters. The van der Waals surface area contributed by atoms with Crippen LogP contribution in [0.2, 0.25) is 0 Å². The molecule has 1 fully saturated rings. The third kappa shape index (κ3) is 14.0. The Morgan fingerprint density at radius 2 is 1.57 bits per heavy atom. The second-order valence-corrected chi connectivity index (χ2v) is 22.2. The Morgan fingerprint density at radius 3 is 2.21 bits per heavy atom. The molecule has 67 heavy (non-hydrogen) atoms. The van der Waals surface area contributed by atoms with Crippen LogP contribution in [0, 0.1) is 5.41 Å². The Bertz CT molecular complexity index is 2840. The van der Waals surface area contributed by atoms with Crippen LogP contribution in [0.5, 0.6) is 0 Å². The number of carbonyl (C=O) groups is 3. The number of unbranched alkanes of at least 4 members (excludes halogenated alkanes) is 1. The summed E-state index contributed by atoms with van der Waals surface area (Å²) in [5, 5.41) is 0.953. The highest BCUT2D eigenvalue weighted by molar-refractivity contribution is 7.86. The summed E-state index contributed by atoms with van der Waals surface area (Å²) < 4.78 is 99.5. The maximum Gasteiger partial charge on any atom is 0.333 e. The summed E-state index contributed by atoms with van der Waals surface area (Å²) in [4.78, 5) is 52.2. The van der Waals surface area contributed by atoms with Crippen LogP contribution in [0.15, 0.2) is 110 Å². The van der Waals surface area contributed by atoms with Crippen LogP contribution in [0.25, 0.3) is 5.57 Å². The van der Waals surface area contributed by atoms with E-state index in [0.29, 0.717) is 69.0 Å². The molecule has 0 spiro atoms. The van der Waals surface area contributed by atoms with Gasteiger partial charge in [0.2, 0.25) is 0 Å². The van der Waals surface area contributed by atoms with E-state index < -0.39 is 70.5 Å². The molecule has 3 aliphatic heterocycles. The second kappa shape index (κ2) is 21.5. The Kier molecular flexibility index (Phi) is 16.9. The zero-order valence-electron chi connectivity index (χ0n) is 37.8. The SMILES string of the molecule is C/C=C(/Cl)C=C1C(=NCCCS(=O)(=O)O)N=C(/C=C/C(=C/C=C2/N(CCCS(=O)(=O)O)c3ccc(S(=O)(=O)O)cc3C2(C)C)c2cccc(CCCCC(=O)ON3C(=O)CCC3=O)c2)C1(C)C. The van der Waals surface area contributed by atoms with Gasteiger partial charge in [0.25, 0.3) is 42.2 Å². The summed E-state index contributed by atoms with van der Waals surface area (Å²) >= 11 is 6.49. The molecule has 3 aliphatic rings. The Balaban J connectivity index is 1.56. The Morgan fingerprint density at radius 1 is 0.896 bits per heavy atom. The number of anilines is 1. The smallest absolute Gasteiger partial charge is 0.333 e. The largest absolute Gasteiger partial charge is 0.344 e. The lowest BCUT2D eigenvalue weighted by atomic mass is 9.80. The van der Waals surface area contributed by atoms with E-state index in [2.05, 4.69) is 4.99 Å². The number of rotatable bonds is 20. The summed E-state index contributed by atoms with van der Waals surface area (Å²) in [5.74, 6) is -2.45. The van der Waals surface area contributed by atoms with Crippen LogP contribution in [0.3, 0.4) is 0 Å². The van der Waals surface area contributed by atoms with Gasteiger partial charge < -0.3 is 9.74 Å². The molecule has 0 saturated carbocycles. The highest BCUT2D eigenvalue weighted by Gasteiger charge is 2.41. The third-order valence-corrected chi connectivity index (χ3v) is 14.3. The number of nitrogens with zero attached hydrogens (tertiary/aromatic N) is 4. The number of fused-ring (bicyclic) bond motifs is 1. The fourth-order valence-corrected chi connectivity index (χ4v) is 9.46. The number of hydrogen-bond acceptors (Lipinski definition) is 12. The van der Waals surface area contributed by atoms with Crippen molar-refractivity contribution in [3.8, 4) is 0 Å². The number of hydrogen-bond donors (Lipinski definition) is 3. The van der Waals surface area contributed by atoms with Gasteiger partial charge in [0.05, 0.1) is 22.1 Å². The topological polar surface area (TPSA) is 255 Å². The fraction of sp³-hybridized carbons (Fsp3) is 0.413. The first-order valence-corrected chi connectivity index (χ1v) is 26.5. The summed E-state index contributed by atoms with van der Waals surface area (Å²) in [6.45, 7) is 9.57. The number of carbonyl (C=O) groups excluding carboxylic acids is 3. The second-order valence-electron chi connectivity index (χ2n) is 17.2. The maximum atomic E-state index is 12.4. The van der Waals surface area contributed by atoms with E-state index in [0.717, 1.165) is 11.1 Å². The first-order valence-electron chi connectivity index (χ1n) is 21.5. The molecule has 0 unspecified atom stereocenters. The predicted molar refractivity (Wildman–Crippen MR) is 256 cm³/mol. The van der Waals surface area contributed by atoms with E-state index in [1.807, 2.05) is 81.2 Å². The quantitative estimate of drug-likeness (QED) is 0.0507. The molecular weight excluding hydrogens is 948 g/mol. The van der Waals surface area contributed by atoms with Gasteiger partial charge in [-0.25, -0.2) is 9.79 Å². The fourth-order valence-electron chi connectivity index (χ4n) is 7.85. The minimum Gasteiger partial charge on any atom is -0.344 e. The van der Waals surface area contributed by atoms with Crippen molar-refractivity contribution in [2.24, 2.45) is 15.4 Å². The number of amidine groups is 1. The molecule has 0 radical (unpaired) electrons. The number of hydroxylamine groups is 2. The van der Waals surface area contributed by atoms with Gasteiger partial charge in [-0.1, -0.05) is 81.8 Å². The number of halogens is 1. The van der Waals surface area contributed by atoms with Gasteiger partial charge >= 0.3 is 5.97 Å². The van der Waals surface area contributed by atoms with E-state index in [9.17, 15) is 53.3 Å². The van der Waals surface area contributed by atoms with Crippen LogP contribution < -0.4 is 4.90 Å². The number of allylic oxidation sites excluding steroid dienone is 9. The summed E-state index contributed by atoms with van der Waals surface area (Å²) in [5.41, 5.74) is 3.77. The van der Waals surface area contributed by atoms with Gasteiger partial charge in [-0.2, -0.15) is 25.3 Å². The third-order valence-electron chi connectivity index (χ3n) is 11.5. The van der Waals surface area contributed by atoms with Crippen LogP contribution in [0.1, 0.15) is 96.3 Å². The molecule has 0 bridgehead atoms. The molecule has 2 aromatic rings. The molecule has 0 aliphatic carbocycles. The van der Waals surface area contributed by atoms with Gasteiger partial charge in [0.1, 0.15) is 0 Å². The van der Waals surface area contributed by atoms with Crippen molar-refractivity contribution in [1.29, 1.82) is 0 Å². The molecule has 1 saturated heterocycles. The van der Waals surface area contributed by atoms with Gasteiger partial charge in [0, 0.05) is 65.2 Å². The number of amides is 2. The maximum absolute atomic E-state index is 12.4. The van der Waals surface area contributed by atoms with Crippen molar-refractivity contribution in [3.63, 3.8) is 0 Å². The first kappa shape index (κ1) is 52.9. The van der Waals surface area contributed by atoms with Crippen molar-refractivity contribution in [1.82, 2.24) is 5.06 Å². The number of imide groups is 1. The van der Waals surface area contributed by atoms with Gasteiger partial charge in [0.15, 0.2) is 5.84 Å². The Hall–Kier alpha value is -5.09. The van der Waals surface area contributed by atoms with E-state index in [-0.39, 0.29) is 50.1 Å². The Labute approximate surface area is 396 Å². The highest BCUT2D eigenvalue weighted by atomic mass is 35.5. The predicted octanol–water partition coefficient (Wildman–Crippen LogP) is 7.38. The zero-order valence-corrected chi connectivity index (χ0v) is 41.0. The summed E-state index contributed by atoms with van der Waals surface area (Å²) in [6.07, 6.45) is 12.4. The van der Waals surface area contributed by atoms with Crippen molar-refractivity contribution >= 4 is 82.5 Å². The average molecular weight is 1000 g/mol. The van der Waals surface area contributed by atoms with Crippen LogP contribution in [-0.2, 0) is 61.4 Å². The first-order chi connectivity index (χ1) is 31.2. The van der Waals surface area contributed by atoms with Gasteiger partial charge in [-0.3, -0.25) is 28.2 Å². The minimum absolute atomic E-state index is 0.00351. The van der Waals surface area contributed by atoms with E-state index in [1.165, 1.54) is 12.1 Å². The molecule has 3 heterocycles. The molecule has 362 valence electrons. The lowest BCUT2D eigenvalue weighted by Gasteiger charge is -2.27. The standard InChI is InChI=1S/C46H55ClN4O13S3/c1-6-34(47)29-37-44(48-24-10-26-65(55,56)57)49-39(45(37,2)3)20-16-32(33-14-9-13-31(28-33)12-7-8-15-43(54)64-51-41(52)22-23-42(51)53)17-21-40-46(4,5)36-30-35(67(61,62)63)18-19-38(36)50(40)25-11-27-66(58,59)60/h6,9,13-14,16-21,28-30H,7-8,10-12,15,22-27H2,1-5H3,(H,55,56,57)(H,58,59,60)(H,61,62,63)/b20-16+,32-17-,34-6+,37-29?,40-21+,48-44?. The lowest BCUT2D eigenvalue weighted by Crippen LogP contribution is -2.31. The zero-order chi connectivity index (χ0) is 49.5. The van der Waals surface area contributed by atoms with Crippen molar-refractivity contribution in [2.75, 3.05) is 29.5 Å². The molecule has 3 N–H and O–H groups in total. The van der Waals surface area contributed by atoms with Crippen molar-refractivity contribution in [3.05, 3.63) is 112 Å². The van der Waals surface area contributed by atoms with E-state index >= 15 is 0 Å². The molecule has 17 nitrogen and oxygen atoms in total. The number of aryl methyl sites for hydroxylation is 1. The summed E-state index contributed by atoms with van der Waals surface area (Å²) in [6, 6.07) is 11.9. The highest BCUT2D eigenvalue weighted by Crippen LogP contribution is 2.49. The molecule has 2 amide bonds. The van der Waals surface area contributed by atoms with Crippen LogP contribution in [0.4, 0.5) is 5.69 Å². The van der Waals surface area contributed by atoms with E-state index in [4.69, 9.17) is 21.4 Å². The van der Waals surface area contributed by atoms with Crippen LogP contribution >= 0.6 is 11.6 Å². The van der Waals surface area contributed by atoms with Crippen molar-refractivity contribution in [2.45, 2.75) is 96.3 Å². The summed E-state index contributed by atoms with van der Waals surface area (Å²) in [7, 11) is -13.1. The number of aliphatic imine (C=N–C) groups is 2. The van der Waals surface area contributed by atoms with Crippen molar-refractivity contribution < 1.29 is 58.1 Å². The van der Waals surface area contributed by atoms with Gasteiger partial charge in [-0.05, 0) is 97.7 Å². The molecular formula is C46H55ClN4O13S3. The van der Waals surface area contributed by atoms with Crippen LogP contribution in [-0.4, -0.2) is 97.9 Å². The average Bonchev–Trinajstić information content (AvgIpc) is 3.76. The molecule has 2 aromatic carbocycles. The van der Waals surface area contributed by atoms with Gasteiger partial charge in [-0.15, -0.1) is 5.06 Å².